The highest BCUT2D eigenvalue weighted by Crippen LogP contribution is 2.21. The number of hydrogen-bond acceptors (Lipinski definition) is 2. The molecule has 0 aromatic heterocycles. The van der Waals surface area contributed by atoms with Crippen LogP contribution in [0.3, 0.4) is 0 Å². The van der Waals surface area contributed by atoms with Crippen LogP contribution in [0.4, 0.5) is 4.39 Å². The molecule has 0 radical (unpaired) electrons. The summed E-state index contributed by atoms with van der Waals surface area (Å²) in [6.07, 6.45) is 0.887. The molecule has 104 valence electrons. The van der Waals surface area contributed by atoms with Crippen LogP contribution < -0.4 is 4.74 Å². The van der Waals surface area contributed by atoms with Crippen LogP contribution in [0.25, 0.3) is 0 Å². The van der Waals surface area contributed by atoms with Crippen molar-refractivity contribution in [1.82, 2.24) is 0 Å². The van der Waals surface area contributed by atoms with Crippen molar-refractivity contribution in [2.75, 3.05) is 6.61 Å². The van der Waals surface area contributed by atoms with Crippen LogP contribution in [0.5, 0.6) is 5.75 Å². The van der Waals surface area contributed by atoms with E-state index in [0.717, 1.165) is 6.42 Å². The monoisotopic (exact) mass is 336 g/mol. The Labute approximate surface area is 125 Å². The lowest BCUT2D eigenvalue weighted by atomic mass is 10.0. The van der Waals surface area contributed by atoms with Gasteiger partial charge in [-0.15, -0.1) is 0 Å². The summed E-state index contributed by atoms with van der Waals surface area (Å²) in [7, 11) is 0. The molecule has 20 heavy (non-hydrogen) atoms. The molecule has 0 aliphatic carbocycles. The summed E-state index contributed by atoms with van der Waals surface area (Å²) in [5, 5.41) is 0. The topological polar surface area (TPSA) is 26.3 Å². The first-order valence-corrected chi connectivity index (χ1v) is 7.13. The van der Waals surface area contributed by atoms with E-state index >= 15 is 0 Å². The Hall–Kier alpha value is -1.68. The maximum atomic E-state index is 13.7. The van der Waals surface area contributed by atoms with Crippen molar-refractivity contribution in [3.63, 3.8) is 0 Å². The molecule has 0 N–H and O–H groups in total. The van der Waals surface area contributed by atoms with Crippen LogP contribution in [0, 0.1) is 5.82 Å². The Kier molecular flexibility index (Phi) is 4.90. The summed E-state index contributed by atoms with van der Waals surface area (Å²) in [5.41, 5.74) is 0.461. The van der Waals surface area contributed by atoms with Crippen LogP contribution in [0.15, 0.2) is 46.9 Å². The maximum Gasteiger partial charge on any atom is 0.196 e. The second kappa shape index (κ2) is 6.66. The third-order valence-corrected chi connectivity index (χ3v) is 3.24. The van der Waals surface area contributed by atoms with Gasteiger partial charge in [0, 0.05) is 10.0 Å². The van der Waals surface area contributed by atoms with Gasteiger partial charge in [-0.1, -0.05) is 35.0 Å². The molecule has 0 unspecified atom stereocenters. The first-order chi connectivity index (χ1) is 9.61. The summed E-state index contributed by atoms with van der Waals surface area (Å²) in [6.45, 7) is 2.59. The fourth-order valence-electron chi connectivity index (χ4n) is 1.77. The molecule has 0 saturated carbocycles. The molecule has 0 amide bonds. The van der Waals surface area contributed by atoms with Crippen molar-refractivity contribution < 1.29 is 13.9 Å². The van der Waals surface area contributed by atoms with E-state index in [-0.39, 0.29) is 11.3 Å². The molecule has 0 aliphatic rings. The Morgan fingerprint density at radius 2 is 2.05 bits per heavy atom. The largest absolute Gasteiger partial charge is 0.494 e. The zero-order chi connectivity index (χ0) is 14.5. The smallest absolute Gasteiger partial charge is 0.196 e. The van der Waals surface area contributed by atoms with Crippen molar-refractivity contribution in [1.29, 1.82) is 0 Å². The number of rotatable bonds is 5. The molecule has 2 rings (SSSR count). The molecular formula is C16H14BrFO2. The number of carbonyl (C=O) groups is 1. The van der Waals surface area contributed by atoms with Crippen molar-refractivity contribution in [2.24, 2.45) is 0 Å². The Balaban J connectivity index is 2.31. The lowest BCUT2D eigenvalue weighted by molar-refractivity contribution is 0.103. The van der Waals surface area contributed by atoms with Crippen LogP contribution >= 0.6 is 15.9 Å². The van der Waals surface area contributed by atoms with Crippen molar-refractivity contribution in [3.05, 3.63) is 63.9 Å². The van der Waals surface area contributed by atoms with E-state index in [1.807, 2.05) is 6.92 Å². The van der Waals surface area contributed by atoms with E-state index in [2.05, 4.69) is 15.9 Å². The molecule has 0 fully saturated rings. The summed E-state index contributed by atoms with van der Waals surface area (Å²) in [6, 6.07) is 11.1. The minimum atomic E-state index is -0.530. The van der Waals surface area contributed by atoms with Gasteiger partial charge in [-0.3, -0.25) is 4.79 Å². The number of benzene rings is 2. The maximum absolute atomic E-state index is 13.7. The van der Waals surface area contributed by atoms with Gasteiger partial charge in [0.05, 0.1) is 12.2 Å². The predicted molar refractivity (Wildman–Crippen MR) is 79.8 cm³/mol. The lowest BCUT2D eigenvalue weighted by Gasteiger charge is -2.07. The third-order valence-electron chi connectivity index (χ3n) is 2.74. The molecule has 2 aromatic carbocycles. The quantitative estimate of drug-likeness (QED) is 0.745. The Bertz CT molecular complexity index is 626. The van der Waals surface area contributed by atoms with Gasteiger partial charge in [-0.2, -0.15) is 0 Å². The van der Waals surface area contributed by atoms with E-state index < -0.39 is 5.82 Å². The van der Waals surface area contributed by atoms with Crippen LogP contribution in [0.2, 0.25) is 0 Å². The van der Waals surface area contributed by atoms with Crippen LogP contribution in [-0.2, 0) is 0 Å². The number of carbonyl (C=O) groups excluding carboxylic acids is 1. The normalized spacial score (nSPS) is 10.3. The van der Waals surface area contributed by atoms with Gasteiger partial charge in [0.1, 0.15) is 11.6 Å². The number of halogens is 2. The minimum absolute atomic E-state index is 0.0482. The second-order valence-corrected chi connectivity index (χ2v) is 5.25. The Morgan fingerprint density at radius 3 is 2.80 bits per heavy atom. The zero-order valence-corrected chi connectivity index (χ0v) is 12.6. The molecule has 0 atom stereocenters. The molecular weight excluding hydrogens is 323 g/mol. The van der Waals surface area contributed by atoms with Gasteiger partial charge >= 0.3 is 0 Å². The average Bonchev–Trinajstić information content (AvgIpc) is 2.47. The number of ether oxygens (including phenoxy) is 1. The van der Waals surface area contributed by atoms with Gasteiger partial charge in [0.25, 0.3) is 0 Å². The molecule has 2 aromatic rings. The zero-order valence-electron chi connectivity index (χ0n) is 11.0. The van der Waals surface area contributed by atoms with Gasteiger partial charge in [-0.25, -0.2) is 4.39 Å². The highest BCUT2D eigenvalue weighted by Gasteiger charge is 2.15. The molecule has 0 aliphatic heterocycles. The molecule has 4 heteroatoms. The van der Waals surface area contributed by atoms with E-state index in [1.54, 1.807) is 30.3 Å². The summed E-state index contributed by atoms with van der Waals surface area (Å²) in [4.78, 5) is 12.3. The first-order valence-electron chi connectivity index (χ1n) is 6.34. The van der Waals surface area contributed by atoms with Crippen molar-refractivity contribution >= 4 is 21.7 Å². The number of hydrogen-bond donors (Lipinski definition) is 0. The lowest BCUT2D eigenvalue weighted by Crippen LogP contribution is -2.05. The van der Waals surface area contributed by atoms with Crippen molar-refractivity contribution in [3.8, 4) is 5.75 Å². The van der Waals surface area contributed by atoms with Gasteiger partial charge in [-0.05, 0) is 36.8 Å². The third kappa shape index (κ3) is 3.45. The van der Waals surface area contributed by atoms with E-state index in [9.17, 15) is 9.18 Å². The highest BCUT2D eigenvalue weighted by atomic mass is 79.9. The number of ketones is 1. The fraction of sp³-hybridized carbons (Fsp3) is 0.188. The Morgan fingerprint density at radius 1 is 1.25 bits per heavy atom. The molecule has 0 bridgehead atoms. The molecule has 0 spiro atoms. The molecule has 0 saturated heterocycles. The average molecular weight is 337 g/mol. The first kappa shape index (κ1) is 14.7. The van der Waals surface area contributed by atoms with Crippen LogP contribution in [-0.4, -0.2) is 12.4 Å². The minimum Gasteiger partial charge on any atom is -0.494 e. The molecule has 0 heterocycles. The van der Waals surface area contributed by atoms with E-state index in [1.165, 1.54) is 12.1 Å². The van der Waals surface area contributed by atoms with E-state index in [4.69, 9.17) is 4.74 Å². The summed E-state index contributed by atoms with van der Waals surface area (Å²) in [5.74, 6) is -0.267. The predicted octanol–water partition coefficient (Wildman–Crippen LogP) is 4.61. The summed E-state index contributed by atoms with van der Waals surface area (Å²) >= 11 is 3.24. The highest BCUT2D eigenvalue weighted by molar-refractivity contribution is 9.10. The summed E-state index contributed by atoms with van der Waals surface area (Å²) < 4.78 is 19.9. The molecule has 2 nitrogen and oxygen atoms in total. The van der Waals surface area contributed by atoms with Gasteiger partial charge in [0.15, 0.2) is 5.78 Å². The fourth-order valence-corrected chi connectivity index (χ4v) is 2.14. The van der Waals surface area contributed by atoms with Crippen LogP contribution in [0.1, 0.15) is 29.3 Å². The van der Waals surface area contributed by atoms with E-state index in [0.29, 0.717) is 22.4 Å². The van der Waals surface area contributed by atoms with Gasteiger partial charge < -0.3 is 4.74 Å². The van der Waals surface area contributed by atoms with Crippen molar-refractivity contribution in [2.45, 2.75) is 13.3 Å². The SMILES string of the molecule is CCCOc1cccc(C(=O)c2cc(Br)ccc2F)c1. The standard InChI is InChI=1S/C16H14BrFO2/c1-2-8-20-13-5-3-4-11(9-13)16(19)14-10-12(17)6-7-15(14)18/h3-7,9-10H,2,8H2,1H3. The second-order valence-electron chi connectivity index (χ2n) is 4.33. The van der Waals surface area contributed by atoms with Gasteiger partial charge in [0.2, 0.25) is 0 Å².